The number of benzene rings is 1. The lowest BCUT2D eigenvalue weighted by atomic mass is 10.1. The molecule has 2 N–H and O–H groups in total. The van der Waals surface area contributed by atoms with Crippen LogP contribution in [0.5, 0.6) is 0 Å². The summed E-state index contributed by atoms with van der Waals surface area (Å²) in [6.07, 6.45) is 2.65. The first-order valence-corrected chi connectivity index (χ1v) is 8.53. The van der Waals surface area contributed by atoms with Crippen molar-refractivity contribution in [3.05, 3.63) is 46.5 Å². The average Bonchev–Trinajstić information content (AvgIpc) is 3.01. The van der Waals surface area contributed by atoms with Gasteiger partial charge in [-0.15, -0.1) is 34.2 Å². The second-order valence-electron chi connectivity index (χ2n) is 5.18. The van der Waals surface area contributed by atoms with Gasteiger partial charge in [0.25, 0.3) is 0 Å². The van der Waals surface area contributed by atoms with Gasteiger partial charge in [-0.2, -0.15) is 0 Å². The first-order valence-electron chi connectivity index (χ1n) is 7.74. The average molecular weight is 507 g/mol. The summed E-state index contributed by atoms with van der Waals surface area (Å²) in [4.78, 5) is 4.28. The second kappa shape index (κ2) is 10.7. The van der Waals surface area contributed by atoms with Crippen LogP contribution in [0.1, 0.15) is 31.3 Å². The normalized spacial score (nSPS) is 12.4. The number of nitrogens with one attached hydrogen (secondary N) is 2. The Morgan fingerprint density at radius 2 is 2.12 bits per heavy atom. The molecule has 0 amide bonds. The van der Waals surface area contributed by atoms with Crippen molar-refractivity contribution in [3.8, 4) is 0 Å². The number of hydrogen-bond acceptors (Lipinski definition) is 3. The van der Waals surface area contributed by atoms with Crippen LogP contribution in [-0.4, -0.2) is 34.3 Å². The minimum atomic E-state index is 0. The molecule has 0 bridgehead atoms. The zero-order chi connectivity index (χ0) is 16.7. The molecule has 24 heavy (non-hydrogen) atoms. The molecule has 1 aromatic heterocycles. The van der Waals surface area contributed by atoms with Crippen LogP contribution in [0.25, 0.3) is 0 Å². The Labute approximate surface area is 168 Å². The van der Waals surface area contributed by atoms with Crippen molar-refractivity contribution < 1.29 is 0 Å². The highest BCUT2D eigenvalue weighted by Crippen LogP contribution is 2.22. The Hall–Kier alpha value is -1.16. The molecule has 0 saturated carbocycles. The quantitative estimate of drug-likeness (QED) is 0.359. The van der Waals surface area contributed by atoms with Crippen LogP contribution >= 0.6 is 39.9 Å². The molecule has 0 aliphatic rings. The Morgan fingerprint density at radius 1 is 1.38 bits per heavy atom. The van der Waals surface area contributed by atoms with Crippen molar-refractivity contribution >= 4 is 45.9 Å². The SMILES string of the molecule is CCc1nncn1CCNC(=NC)NC(C)c1ccccc1Br.I. The van der Waals surface area contributed by atoms with Gasteiger partial charge in [0.15, 0.2) is 5.96 Å². The summed E-state index contributed by atoms with van der Waals surface area (Å²) in [5, 5.41) is 14.8. The van der Waals surface area contributed by atoms with Crippen LogP contribution in [0.15, 0.2) is 40.1 Å². The van der Waals surface area contributed by atoms with Gasteiger partial charge >= 0.3 is 0 Å². The number of nitrogens with zero attached hydrogens (tertiary/aromatic N) is 4. The number of rotatable bonds is 6. The molecule has 0 aliphatic carbocycles. The molecule has 8 heteroatoms. The van der Waals surface area contributed by atoms with Gasteiger partial charge in [-0.1, -0.05) is 41.1 Å². The number of hydrogen-bond donors (Lipinski definition) is 2. The fraction of sp³-hybridized carbons (Fsp3) is 0.438. The maximum atomic E-state index is 4.28. The van der Waals surface area contributed by atoms with Gasteiger partial charge in [0, 0.05) is 31.0 Å². The van der Waals surface area contributed by atoms with Crippen molar-refractivity contribution in [2.75, 3.05) is 13.6 Å². The third kappa shape index (κ3) is 5.73. The van der Waals surface area contributed by atoms with E-state index in [0.717, 1.165) is 35.8 Å². The standard InChI is InChI=1S/C16H23BrN6.HI/c1-4-15-22-20-11-23(15)10-9-19-16(18-3)21-12(2)13-7-5-6-8-14(13)17;/h5-8,11-12H,4,9-10H2,1-3H3,(H2,18,19,21);1H. The Morgan fingerprint density at radius 3 is 2.79 bits per heavy atom. The molecule has 2 aromatic rings. The molecular weight excluding hydrogens is 483 g/mol. The summed E-state index contributed by atoms with van der Waals surface area (Å²) < 4.78 is 3.14. The lowest BCUT2D eigenvalue weighted by Crippen LogP contribution is -2.40. The Balaban J connectivity index is 0.00000288. The highest BCUT2D eigenvalue weighted by atomic mass is 127. The van der Waals surface area contributed by atoms with Crippen molar-refractivity contribution in [1.29, 1.82) is 0 Å². The van der Waals surface area contributed by atoms with Crippen LogP contribution in [0, 0.1) is 0 Å². The lowest BCUT2D eigenvalue weighted by Gasteiger charge is -2.19. The summed E-state index contributed by atoms with van der Waals surface area (Å²) in [6.45, 7) is 5.75. The van der Waals surface area contributed by atoms with E-state index < -0.39 is 0 Å². The molecule has 0 spiro atoms. The van der Waals surface area contributed by atoms with Gasteiger partial charge < -0.3 is 15.2 Å². The highest BCUT2D eigenvalue weighted by Gasteiger charge is 2.10. The fourth-order valence-electron chi connectivity index (χ4n) is 2.34. The minimum absolute atomic E-state index is 0. The highest BCUT2D eigenvalue weighted by molar-refractivity contribution is 14.0. The molecular formula is C16H24BrIN6. The number of guanidine groups is 1. The van der Waals surface area contributed by atoms with E-state index in [2.05, 4.69) is 66.2 Å². The molecule has 1 atom stereocenters. The zero-order valence-corrected chi connectivity index (χ0v) is 18.1. The maximum Gasteiger partial charge on any atom is 0.191 e. The third-order valence-electron chi connectivity index (χ3n) is 3.61. The maximum absolute atomic E-state index is 4.28. The fourth-order valence-corrected chi connectivity index (χ4v) is 2.97. The first-order chi connectivity index (χ1) is 11.2. The molecule has 6 nitrogen and oxygen atoms in total. The molecule has 1 aromatic carbocycles. The molecule has 132 valence electrons. The smallest absolute Gasteiger partial charge is 0.191 e. The molecule has 1 unspecified atom stereocenters. The van der Waals surface area contributed by atoms with E-state index in [1.165, 1.54) is 5.56 Å². The van der Waals surface area contributed by atoms with E-state index >= 15 is 0 Å². The van der Waals surface area contributed by atoms with E-state index in [1.807, 2.05) is 18.2 Å². The van der Waals surface area contributed by atoms with Crippen molar-refractivity contribution in [2.45, 2.75) is 32.9 Å². The number of aryl methyl sites for hydroxylation is 1. The van der Waals surface area contributed by atoms with E-state index in [-0.39, 0.29) is 30.0 Å². The predicted molar refractivity (Wildman–Crippen MR) is 112 cm³/mol. The molecule has 2 rings (SSSR count). The summed E-state index contributed by atoms with van der Waals surface area (Å²) >= 11 is 3.59. The van der Waals surface area contributed by atoms with Gasteiger partial charge in [-0.05, 0) is 18.6 Å². The van der Waals surface area contributed by atoms with Gasteiger partial charge in [0.2, 0.25) is 0 Å². The Bertz CT molecular complexity index is 658. The van der Waals surface area contributed by atoms with E-state index in [1.54, 1.807) is 13.4 Å². The number of aromatic nitrogens is 3. The van der Waals surface area contributed by atoms with E-state index in [9.17, 15) is 0 Å². The minimum Gasteiger partial charge on any atom is -0.355 e. The van der Waals surface area contributed by atoms with Crippen molar-refractivity contribution in [3.63, 3.8) is 0 Å². The molecule has 0 radical (unpaired) electrons. The van der Waals surface area contributed by atoms with E-state index in [4.69, 9.17) is 0 Å². The predicted octanol–water partition coefficient (Wildman–Crippen LogP) is 3.15. The van der Waals surface area contributed by atoms with Crippen LogP contribution in [-0.2, 0) is 13.0 Å². The van der Waals surface area contributed by atoms with Crippen molar-refractivity contribution in [1.82, 2.24) is 25.4 Å². The third-order valence-corrected chi connectivity index (χ3v) is 4.33. The van der Waals surface area contributed by atoms with Crippen LogP contribution in [0.2, 0.25) is 0 Å². The Kier molecular flexibility index (Phi) is 9.27. The molecule has 0 saturated heterocycles. The van der Waals surface area contributed by atoms with Crippen LogP contribution < -0.4 is 10.6 Å². The number of aliphatic imine (C=N–C) groups is 1. The largest absolute Gasteiger partial charge is 0.355 e. The van der Waals surface area contributed by atoms with E-state index in [0.29, 0.717) is 0 Å². The molecule has 1 heterocycles. The summed E-state index contributed by atoms with van der Waals surface area (Å²) in [6, 6.07) is 8.34. The molecule has 0 aliphatic heterocycles. The molecule has 0 fully saturated rings. The summed E-state index contributed by atoms with van der Waals surface area (Å²) in [5.74, 6) is 1.77. The van der Waals surface area contributed by atoms with Gasteiger partial charge in [-0.25, -0.2) is 0 Å². The van der Waals surface area contributed by atoms with Gasteiger partial charge in [0.05, 0.1) is 6.04 Å². The van der Waals surface area contributed by atoms with Gasteiger partial charge in [0.1, 0.15) is 12.2 Å². The van der Waals surface area contributed by atoms with Crippen LogP contribution in [0.4, 0.5) is 0 Å². The first kappa shape index (κ1) is 20.9. The lowest BCUT2D eigenvalue weighted by molar-refractivity contribution is 0.620. The summed E-state index contributed by atoms with van der Waals surface area (Å²) in [5.41, 5.74) is 1.20. The van der Waals surface area contributed by atoms with Crippen molar-refractivity contribution in [2.24, 2.45) is 4.99 Å². The topological polar surface area (TPSA) is 67.1 Å². The monoisotopic (exact) mass is 506 g/mol. The van der Waals surface area contributed by atoms with Gasteiger partial charge in [-0.3, -0.25) is 4.99 Å². The number of halogens is 2. The van der Waals surface area contributed by atoms with Crippen LogP contribution in [0.3, 0.4) is 0 Å². The zero-order valence-electron chi connectivity index (χ0n) is 14.2. The second-order valence-corrected chi connectivity index (χ2v) is 6.03. The summed E-state index contributed by atoms with van der Waals surface area (Å²) in [7, 11) is 1.78.